The third-order valence-electron chi connectivity index (χ3n) is 3.48. The standard InChI is InChI=1S/C17H19BrN2O2/c1-11-8-14(18)9-12(2)16(11)19-17(22)20(3)10-13-6-4-5-7-15(13)21/h4-9,21H,10H2,1-3H3,(H,19,22). The third kappa shape index (κ3) is 3.80. The van der Waals surface area contributed by atoms with Crippen molar-refractivity contribution in [1.82, 2.24) is 4.90 Å². The summed E-state index contributed by atoms with van der Waals surface area (Å²) in [5, 5.41) is 12.7. The molecule has 5 heteroatoms. The number of carbonyl (C=O) groups is 1. The van der Waals surface area contributed by atoms with Gasteiger partial charge in [-0.15, -0.1) is 0 Å². The number of benzene rings is 2. The molecular formula is C17H19BrN2O2. The van der Waals surface area contributed by atoms with E-state index in [-0.39, 0.29) is 11.8 Å². The van der Waals surface area contributed by atoms with Crippen LogP contribution in [0.15, 0.2) is 40.9 Å². The summed E-state index contributed by atoms with van der Waals surface area (Å²) in [5.41, 5.74) is 3.52. The molecule has 2 aromatic carbocycles. The van der Waals surface area contributed by atoms with Gasteiger partial charge in [0.05, 0.1) is 6.54 Å². The van der Waals surface area contributed by atoms with Gasteiger partial charge in [-0.05, 0) is 43.2 Å². The summed E-state index contributed by atoms with van der Waals surface area (Å²) in [6, 6.07) is 10.7. The van der Waals surface area contributed by atoms with Gasteiger partial charge >= 0.3 is 6.03 Å². The lowest BCUT2D eigenvalue weighted by atomic mass is 10.1. The second kappa shape index (κ2) is 6.83. The fourth-order valence-electron chi connectivity index (χ4n) is 2.28. The molecular weight excluding hydrogens is 344 g/mol. The molecule has 22 heavy (non-hydrogen) atoms. The maximum absolute atomic E-state index is 12.3. The van der Waals surface area contributed by atoms with Crippen molar-refractivity contribution in [3.8, 4) is 5.75 Å². The number of urea groups is 1. The number of nitrogens with one attached hydrogen (secondary N) is 1. The van der Waals surface area contributed by atoms with Crippen LogP contribution in [0, 0.1) is 13.8 Å². The Morgan fingerprint density at radius 1 is 1.23 bits per heavy atom. The van der Waals surface area contributed by atoms with Crippen LogP contribution >= 0.6 is 15.9 Å². The first-order chi connectivity index (χ1) is 10.4. The number of phenolic OH excluding ortho intramolecular Hbond substituents is 1. The molecule has 0 unspecified atom stereocenters. The minimum Gasteiger partial charge on any atom is -0.508 e. The molecule has 0 bridgehead atoms. The molecule has 4 nitrogen and oxygen atoms in total. The fraction of sp³-hybridized carbons (Fsp3) is 0.235. The zero-order valence-electron chi connectivity index (χ0n) is 12.9. The molecule has 0 aliphatic carbocycles. The van der Waals surface area contributed by atoms with Crippen LogP contribution in [0.25, 0.3) is 0 Å². The minimum absolute atomic E-state index is 0.193. The van der Waals surface area contributed by atoms with Crippen LogP contribution in [0.2, 0.25) is 0 Å². The molecule has 0 aliphatic rings. The molecule has 2 rings (SSSR count). The predicted octanol–water partition coefficient (Wildman–Crippen LogP) is 4.44. The highest BCUT2D eigenvalue weighted by molar-refractivity contribution is 9.10. The summed E-state index contributed by atoms with van der Waals surface area (Å²) in [5.74, 6) is 0.193. The average Bonchev–Trinajstić information content (AvgIpc) is 2.45. The van der Waals surface area contributed by atoms with Crippen LogP contribution in [-0.2, 0) is 6.54 Å². The molecule has 0 saturated heterocycles. The van der Waals surface area contributed by atoms with E-state index in [1.807, 2.05) is 32.0 Å². The van der Waals surface area contributed by atoms with Crippen molar-refractivity contribution in [3.05, 3.63) is 57.6 Å². The Kier molecular flexibility index (Phi) is 5.08. The number of halogens is 1. The Labute approximate surface area is 138 Å². The van der Waals surface area contributed by atoms with Crippen molar-refractivity contribution >= 4 is 27.6 Å². The van der Waals surface area contributed by atoms with Crippen molar-refractivity contribution in [1.29, 1.82) is 0 Å². The average molecular weight is 363 g/mol. The van der Waals surface area contributed by atoms with Gasteiger partial charge in [-0.25, -0.2) is 4.79 Å². The van der Waals surface area contributed by atoms with Crippen LogP contribution in [0.5, 0.6) is 5.75 Å². The van der Waals surface area contributed by atoms with E-state index >= 15 is 0 Å². The molecule has 0 aromatic heterocycles. The first-order valence-corrected chi connectivity index (χ1v) is 7.73. The highest BCUT2D eigenvalue weighted by Crippen LogP contribution is 2.25. The molecule has 0 spiro atoms. The number of anilines is 1. The van der Waals surface area contributed by atoms with Gasteiger partial charge in [0, 0.05) is 22.8 Å². The van der Waals surface area contributed by atoms with E-state index < -0.39 is 0 Å². The number of aromatic hydroxyl groups is 1. The van der Waals surface area contributed by atoms with E-state index in [1.165, 1.54) is 4.90 Å². The molecule has 0 heterocycles. The first-order valence-electron chi connectivity index (χ1n) is 6.94. The number of nitrogens with zero attached hydrogens (tertiary/aromatic N) is 1. The van der Waals surface area contributed by atoms with Crippen LogP contribution < -0.4 is 5.32 Å². The Hall–Kier alpha value is -2.01. The zero-order valence-corrected chi connectivity index (χ0v) is 14.4. The van der Waals surface area contributed by atoms with Crippen molar-refractivity contribution < 1.29 is 9.90 Å². The summed E-state index contributed by atoms with van der Waals surface area (Å²) < 4.78 is 0.989. The maximum atomic E-state index is 12.3. The fourth-order valence-corrected chi connectivity index (χ4v) is 2.97. The summed E-state index contributed by atoms with van der Waals surface area (Å²) in [6.07, 6.45) is 0. The molecule has 0 fully saturated rings. The van der Waals surface area contributed by atoms with E-state index in [9.17, 15) is 9.90 Å². The van der Waals surface area contributed by atoms with Crippen molar-refractivity contribution in [2.45, 2.75) is 20.4 Å². The Morgan fingerprint density at radius 2 is 1.82 bits per heavy atom. The van der Waals surface area contributed by atoms with E-state index in [0.29, 0.717) is 12.1 Å². The topological polar surface area (TPSA) is 52.6 Å². The Balaban J connectivity index is 2.11. The largest absolute Gasteiger partial charge is 0.508 e. The SMILES string of the molecule is Cc1cc(Br)cc(C)c1NC(=O)N(C)Cc1ccccc1O. The van der Waals surface area contributed by atoms with Crippen LogP contribution in [0.1, 0.15) is 16.7 Å². The van der Waals surface area contributed by atoms with Gasteiger partial charge < -0.3 is 15.3 Å². The molecule has 0 atom stereocenters. The van der Waals surface area contributed by atoms with Gasteiger partial charge in [-0.1, -0.05) is 34.1 Å². The van der Waals surface area contributed by atoms with Gasteiger partial charge in [-0.2, -0.15) is 0 Å². The number of hydrogen-bond donors (Lipinski definition) is 2. The van der Waals surface area contributed by atoms with Crippen LogP contribution in [0.3, 0.4) is 0 Å². The second-order valence-corrected chi connectivity index (χ2v) is 6.25. The van der Waals surface area contributed by atoms with Gasteiger partial charge in [0.2, 0.25) is 0 Å². The molecule has 2 aromatic rings. The highest BCUT2D eigenvalue weighted by atomic mass is 79.9. The lowest BCUT2D eigenvalue weighted by Gasteiger charge is -2.20. The van der Waals surface area contributed by atoms with Crippen LogP contribution in [0.4, 0.5) is 10.5 Å². The van der Waals surface area contributed by atoms with Crippen LogP contribution in [-0.4, -0.2) is 23.1 Å². The predicted molar refractivity (Wildman–Crippen MR) is 92.2 cm³/mol. The zero-order chi connectivity index (χ0) is 16.3. The smallest absolute Gasteiger partial charge is 0.321 e. The number of para-hydroxylation sites is 1. The van der Waals surface area contributed by atoms with E-state index in [0.717, 1.165) is 21.3 Å². The number of hydrogen-bond acceptors (Lipinski definition) is 2. The summed E-state index contributed by atoms with van der Waals surface area (Å²) >= 11 is 3.44. The van der Waals surface area contributed by atoms with E-state index in [2.05, 4.69) is 21.2 Å². The second-order valence-electron chi connectivity index (χ2n) is 5.33. The monoisotopic (exact) mass is 362 g/mol. The van der Waals surface area contributed by atoms with Gasteiger partial charge in [0.15, 0.2) is 0 Å². The number of rotatable bonds is 3. The van der Waals surface area contributed by atoms with Crippen molar-refractivity contribution in [2.75, 3.05) is 12.4 Å². The molecule has 0 radical (unpaired) electrons. The molecule has 116 valence electrons. The van der Waals surface area contributed by atoms with Gasteiger partial charge in [-0.3, -0.25) is 0 Å². The summed E-state index contributed by atoms with van der Waals surface area (Å²) in [6.45, 7) is 4.25. The molecule has 2 N–H and O–H groups in total. The minimum atomic E-state index is -0.211. The molecule has 0 saturated carbocycles. The number of carbonyl (C=O) groups excluding carboxylic acids is 1. The quantitative estimate of drug-likeness (QED) is 0.847. The molecule has 2 amide bonds. The normalized spacial score (nSPS) is 10.4. The van der Waals surface area contributed by atoms with Gasteiger partial charge in [0.1, 0.15) is 5.75 Å². The lowest BCUT2D eigenvalue weighted by molar-refractivity contribution is 0.220. The lowest BCUT2D eigenvalue weighted by Crippen LogP contribution is -2.31. The van der Waals surface area contributed by atoms with Crippen molar-refractivity contribution in [3.63, 3.8) is 0 Å². The highest BCUT2D eigenvalue weighted by Gasteiger charge is 2.14. The number of aryl methyl sites for hydroxylation is 2. The Bertz CT molecular complexity index is 678. The maximum Gasteiger partial charge on any atom is 0.321 e. The van der Waals surface area contributed by atoms with Gasteiger partial charge in [0.25, 0.3) is 0 Å². The third-order valence-corrected chi connectivity index (χ3v) is 3.93. The Morgan fingerprint density at radius 3 is 2.41 bits per heavy atom. The summed E-state index contributed by atoms with van der Waals surface area (Å²) in [4.78, 5) is 13.9. The summed E-state index contributed by atoms with van der Waals surface area (Å²) in [7, 11) is 1.70. The number of amides is 2. The molecule has 0 aliphatic heterocycles. The van der Waals surface area contributed by atoms with E-state index in [4.69, 9.17) is 0 Å². The first kappa shape index (κ1) is 16.4. The van der Waals surface area contributed by atoms with Crippen molar-refractivity contribution in [2.24, 2.45) is 0 Å². The number of phenols is 1. The van der Waals surface area contributed by atoms with E-state index in [1.54, 1.807) is 25.2 Å².